The molecule has 0 unspecified atom stereocenters. The van der Waals surface area contributed by atoms with Crippen LogP contribution in [0.3, 0.4) is 0 Å². The Hall–Kier alpha value is -2.66. The number of hydrogen-bond donors (Lipinski definition) is 1. The maximum absolute atomic E-state index is 14.7. The number of sulfone groups is 1. The molecule has 8 nitrogen and oxygen atoms in total. The third-order valence-corrected chi connectivity index (χ3v) is 8.87. The number of sulfonamides is 1. The van der Waals surface area contributed by atoms with Crippen molar-refractivity contribution < 1.29 is 26.0 Å². The molecular weight excluding hydrogens is 457 g/mol. The molecule has 174 valence electrons. The molecule has 32 heavy (non-hydrogen) atoms. The van der Waals surface area contributed by atoms with E-state index in [1.807, 2.05) is 0 Å². The average molecular weight is 484 g/mol. The number of methoxy groups -OCH3 is 1. The number of halogens is 1. The van der Waals surface area contributed by atoms with Gasteiger partial charge in [0.1, 0.15) is 22.1 Å². The van der Waals surface area contributed by atoms with E-state index in [1.54, 1.807) is 27.7 Å². The predicted octanol–water partition coefficient (Wildman–Crippen LogP) is 3.87. The van der Waals surface area contributed by atoms with Gasteiger partial charge in [0, 0.05) is 23.5 Å². The van der Waals surface area contributed by atoms with Gasteiger partial charge in [0.15, 0.2) is 9.84 Å². The average Bonchev–Trinajstić information content (AvgIpc) is 3.10. The van der Waals surface area contributed by atoms with E-state index >= 15 is 0 Å². The Labute approximate surface area is 187 Å². The first-order valence-electron chi connectivity index (χ1n) is 9.91. The van der Waals surface area contributed by atoms with Gasteiger partial charge in [-0.05, 0) is 45.4 Å². The minimum absolute atomic E-state index is 0.0561. The quantitative estimate of drug-likeness (QED) is 0.547. The minimum atomic E-state index is -3.80. The first kappa shape index (κ1) is 24.0. The summed E-state index contributed by atoms with van der Waals surface area (Å²) in [5.41, 5.74) is 0.877. The number of ether oxygens (including phenoxy) is 1. The summed E-state index contributed by atoms with van der Waals surface area (Å²) in [6, 6.07) is 5.30. The van der Waals surface area contributed by atoms with Gasteiger partial charge in [-0.15, -0.1) is 0 Å². The summed E-state index contributed by atoms with van der Waals surface area (Å²) in [7, 11) is -6.00. The van der Waals surface area contributed by atoms with Crippen molar-refractivity contribution in [2.45, 2.75) is 43.8 Å². The van der Waals surface area contributed by atoms with E-state index in [-0.39, 0.29) is 33.3 Å². The van der Waals surface area contributed by atoms with E-state index in [2.05, 4.69) is 9.71 Å². The SMILES string of the molecule is CCCS(=O)(=O)Nc1ccc(F)c(-c2cnc3cc(OC)c(S(=O)(=O)C(C)(C)C)cn23)c1. The highest BCUT2D eigenvalue weighted by Gasteiger charge is 2.34. The molecule has 0 amide bonds. The summed E-state index contributed by atoms with van der Waals surface area (Å²) in [4.78, 5) is 4.19. The van der Waals surface area contributed by atoms with Crippen LogP contribution in [0.2, 0.25) is 0 Å². The number of nitrogens with zero attached hydrogens (tertiary/aromatic N) is 2. The second-order valence-corrected chi connectivity index (χ2v) is 12.8. The van der Waals surface area contributed by atoms with Gasteiger partial charge in [0.05, 0.1) is 29.5 Å². The number of imidazole rings is 1. The number of hydrogen-bond acceptors (Lipinski definition) is 6. The molecule has 0 saturated carbocycles. The van der Waals surface area contributed by atoms with Gasteiger partial charge in [-0.3, -0.25) is 9.12 Å². The Morgan fingerprint density at radius 1 is 1.16 bits per heavy atom. The first-order valence-corrected chi connectivity index (χ1v) is 13.0. The maximum Gasteiger partial charge on any atom is 0.232 e. The fourth-order valence-corrected chi connectivity index (χ4v) is 5.60. The highest BCUT2D eigenvalue weighted by atomic mass is 32.2. The zero-order valence-corrected chi connectivity index (χ0v) is 20.1. The van der Waals surface area contributed by atoms with Crippen LogP contribution in [0, 0.1) is 5.82 Å². The molecule has 11 heteroatoms. The molecule has 1 aromatic carbocycles. The van der Waals surface area contributed by atoms with E-state index in [4.69, 9.17) is 4.74 Å². The lowest BCUT2D eigenvalue weighted by Crippen LogP contribution is -2.28. The third kappa shape index (κ3) is 4.44. The highest BCUT2D eigenvalue weighted by Crippen LogP contribution is 2.35. The highest BCUT2D eigenvalue weighted by molar-refractivity contribution is 7.93. The lowest BCUT2D eigenvalue weighted by Gasteiger charge is -2.21. The van der Waals surface area contributed by atoms with Crippen molar-refractivity contribution in [3.8, 4) is 17.0 Å². The minimum Gasteiger partial charge on any atom is -0.495 e. The van der Waals surface area contributed by atoms with E-state index in [9.17, 15) is 21.2 Å². The molecule has 0 aliphatic rings. The molecule has 0 radical (unpaired) electrons. The van der Waals surface area contributed by atoms with Crippen LogP contribution in [0.1, 0.15) is 34.1 Å². The Morgan fingerprint density at radius 2 is 1.84 bits per heavy atom. The largest absolute Gasteiger partial charge is 0.495 e. The van der Waals surface area contributed by atoms with Crippen LogP contribution in [-0.4, -0.2) is 43.8 Å². The molecule has 1 N–H and O–H groups in total. The Morgan fingerprint density at radius 3 is 2.44 bits per heavy atom. The van der Waals surface area contributed by atoms with Gasteiger partial charge >= 0.3 is 0 Å². The van der Waals surface area contributed by atoms with Gasteiger partial charge < -0.3 is 4.74 Å². The van der Waals surface area contributed by atoms with Crippen molar-refractivity contribution in [1.29, 1.82) is 0 Å². The van der Waals surface area contributed by atoms with E-state index < -0.39 is 30.4 Å². The lowest BCUT2D eigenvalue weighted by molar-refractivity contribution is 0.401. The smallest absolute Gasteiger partial charge is 0.232 e. The fraction of sp³-hybridized carbons (Fsp3) is 0.381. The number of rotatable bonds is 7. The summed E-state index contributed by atoms with van der Waals surface area (Å²) in [5, 5.41) is 0. The lowest BCUT2D eigenvalue weighted by atomic mass is 10.1. The standard InChI is InChI=1S/C21H26FN3O5S2/c1-6-9-31(26,27)24-14-7-8-16(22)15(10-14)17-12-23-20-11-18(30-5)19(13-25(17)20)32(28,29)21(2,3)4/h7-8,10-13,24H,6,9H2,1-5H3. The number of aromatic nitrogens is 2. The van der Waals surface area contributed by atoms with E-state index in [0.29, 0.717) is 12.1 Å². The van der Waals surface area contributed by atoms with Crippen LogP contribution >= 0.6 is 0 Å². The first-order chi connectivity index (χ1) is 14.8. The number of fused-ring (bicyclic) bond motifs is 1. The van der Waals surface area contributed by atoms with Crippen LogP contribution in [-0.2, 0) is 19.9 Å². The van der Waals surface area contributed by atoms with Gasteiger partial charge in [0.2, 0.25) is 10.0 Å². The number of nitrogens with one attached hydrogen (secondary N) is 1. The fourth-order valence-electron chi connectivity index (χ4n) is 3.16. The Balaban J connectivity index is 2.21. The molecule has 0 bridgehead atoms. The van der Waals surface area contributed by atoms with E-state index in [1.165, 1.54) is 42.1 Å². The van der Waals surface area contributed by atoms with Crippen molar-refractivity contribution >= 4 is 31.2 Å². The van der Waals surface area contributed by atoms with Crippen molar-refractivity contribution in [2.75, 3.05) is 17.6 Å². The van der Waals surface area contributed by atoms with Crippen LogP contribution in [0.15, 0.2) is 41.6 Å². The van der Waals surface area contributed by atoms with Crippen molar-refractivity contribution in [1.82, 2.24) is 9.38 Å². The summed E-state index contributed by atoms with van der Waals surface area (Å²) in [5.74, 6) is -0.546. The van der Waals surface area contributed by atoms with Gasteiger partial charge in [0.25, 0.3) is 0 Å². The number of anilines is 1. The molecular formula is C21H26FN3O5S2. The van der Waals surface area contributed by atoms with Crippen LogP contribution in [0.5, 0.6) is 5.75 Å². The molecule has 0 spiro atoms. The summed E-state index contributed by atoms with van der Waals surface area (Å²) in [6.07, 6.45) is 3.18. The zero-order chi connectivity index (χ0) is 23.9. The molecule has 3 aromatic rings. The zero-order valence-electron chi connectivity index (χ0n) is 18.5. The predicted molar refractivity (Wildman–Crippen MR) is 122 cm³/mol. The van der Waals surface area contributed by atoms with Crippen LogP contribution < -0.4 is 9.46 Å². The summed E-state index contributed by atoms with van der Waals surface area (Å²) >= 11 is 0. The Kier molecular flexibility index (Phi) is 6.27. The van der Waals surface area contributed by atoms with Gasteiger partial charge in [-0.25, -0.2) is 26.2 Å². The summed E-state index contributed by atoms with van der Waals surface area (Å²) in [6.45, 7) is 6.47. The van der Waals surface area contributed by atoms with Crippen molar-refractivity contribution in [2.24, 2.45) is 0 Å². The monoisotopic (exact) mass is 483 g/mol. The molecule has 0 saturated heterocycles. The molecule has 2 heterocycles. The number of pyridine rings is 1. The second kappa shape index (κ2) is 8.36. The summed E-state index contributed by atoms with van der Waals surface area (Å²) < 4.78 is 73.3. The van der Waals surface area contributed by atoms with E-state index in [0.717, 1.165) is 6.07 Å². The van der Waals surface area contributed by atoms with Gasteiger partial charge in [-0.1, -0.05) is 6.92 Å². The molecule has 2 aromatic heterocycles. The molecule has 0 aliphatic heterocycles. The van der Waals surface area contributed by atoms with Crippen LogP contribution in [0.25, 0.3) is 16.9 Å². The second-order valence-electron chi connectivity index (χ2n) is 8.31. The Bertz CT molecular complexity index is 1370. The van der Waals surface area contributed by atoms with Crippen molar-refractivity contribution in [3.05, 3.63) is 42.5 Å². The molecule has 3 rings (SSSR count). The molecule has 0 atom stereocenters. The maximum atomic E-state index is 14.7. The molecule has 0 fully saturated rings. The molecule has 0 aliphatic carbocycles. The normalized spacial score (nSPS) is 12.8. The number of benzene rings is 1. The van der Waals surface area contributed by atoms with Crippen molar-refractivity contribution in [3.63, 3.8) is 0 Å². The van der Waals surface area contributed by atoms with Gasteiger partial charge in [-0.2, -0.15) is 0 Å². The topological polar surface area (TPSA) is 107 Å². The van der Waals surface area contributed by atoms with Crippen LogP contribution in [0.4, 0.5) is 10.1 Å². The third-order valence-electron chi connectivity index (χ3n) is 4.88.